The van der Waals surface area contributed by atoms with Crippen LogP contribution < -0.4 is 0 Å². The van der Waals surface area contributed by atoms with E-state index in [-0.39, 0.29) is 12.8 Å². The van der Waals surface area contributed by atoms with Gasteiger partial charge in [-0.25, -0.2) is 0 Å². The van der Waals surface area contributed by atoms with Crippen molar-refractivity contribution in [3.05, 3.63) is 35.4 Å². The van der Waals surface area contributed by atoms with Crippen molar-refractivity contribution in [2.75, 3.05) is 7.11 Å². The zero-order valence-corrected chi connectivity index (χ0v) is 11.3. The number of aryl methyl sites for hydroxylation is 1. The summed E-state index contributed by atoms with van der Waals surface area (Å²) < 4.78 is 80.3. The molecular weight excluding hydrogens is 318 g/mol. The molecule has 1 aromatic rings. The predicted molar refractivity (Wildman–Crippen MR) is 62.8 cm³/mol. The van der Waals surface area contributed by atoms with Crippen molar-refractivity contribution in [1.29, 1.82) is 0 Å². The molecule has 0 aliphatic carbocycles. The van der Waals surface area contributed by atoms with Crippen molar-refractivity contribution in [2.24, 2.45) is 0 Å². The highest BCUT2D eigenvalue weighted by molar-refractivity contribution is 5.69. The fourth-order valence-corrected chi connectivity index (χ4v) is 1.75. The van der Waals surface area contributed by atoms with Crippen LogP contribution in [0.4, 0.5) is 26.3 Å². The maximum absolute atomic E-state index is 12.7. The molecule has 0 fully saturated rings. The minimum atomic E-state index is -5.92. The lowest BCUT2D eigenvalue weighted by Gasteiger charge is -2.32. The van der Waals surface area contributed by atoms with E-state index in [4.69, 9.17) is 0 Å². The van der Waals surface area contributed by atoms with Gasteiger partial charge in [0.05, 0.1) is 7.11 Å². The maximum Gasteiger partial charge on any atom is 0.430 e. The van der Waals surface area contributed by atoms with Crippen LogP contribution in [0.5, 0.6) is 0 Å². The molecule has 1 aromatic carbocycles. The van der Waals surface area contributed by atoms with E-state index in [0.717, 1.165) is 19.2 Å². The second kappa shape index (κ2) is 6.15. The normalized spacial score (nSPS) is 13.1. The van der Waals surface area contributed by atoms with Crippen LogP contribution in [0.1, 0.15) is 17.5 Å². The first-order valence-corrected chi connectivity index (χ1v) is 5.95. The van der Waals surface area contributed by atoms with E-state index in [9.17, 15) is 36.2 Å². The third-order valence-electron chi connectivity index (χ3n) is 3.04. The summed E-state index contributed by atoms with van der Waals surface area (Å²) >= 11 is 0. The van der Waals surface area contributed by atoms with E-state index in [1.165, 1.54) is 0 Å². The number of rotatable bonds is 4. The van der Waals surface area contributed by atoms with Crippen LogP contribution in [0.25, 0.3) is 0 Å². The Balaban J connectivity index is 3.08. The van der Waals surface area contributed by atoms with Gasteiger partial charge in [-0.2, -0.15) is 26.3 Å². The zero-order chi connectivity index (χ0) is 17.2. The number of alkyl halides is 6. The van der Waals surface area contributed by atoms with Crippen LogP contribution in [-0.2, 0) is 21.6 Å². The van der Waals surface area contributed by atoms with Gasteiger partial charge in [0.2, 0.25) is 0 Å². The summed E-state index contributed by atoms with van der Waals surface area (Å²) in [6.07, 6.45) is -11.8. The largest absolute Gasteiger partial charge is 0.469 e. The van der Waals surface area contributed by atoms with Crippen molar-refractivity contribution < 1.29 is 41.0 Å². The van der Waals surface area contributed by atoms with Gasteiger partial charge in [0.1, 0.15) is 0 Å². The van der Waals surface area contributed by atoms with Crippen molar-refractivity contribution >= 4 is 5.97 Å². The first kappa shape index (κ1) is 18.3. The number of carbonyl (C=O) groups is 1. The number of hydrogen-bond acceptors (Lipinski definition) is 3. The first-order chi connectivity index (χ1) is 9.93. The van der Waals surface area contributed by atoms with Crippen LogP contribution in [0.3, 0.4) is 0 Å². The van der Waals surface area contributed by atoms with Crippen molar-refractivity contribution in [3.63, 3.8) is 0 Å². The number of ether oxygens (including phenoxy) is 1. The predicted octanol–water partition coefficient (Wildman–Crippen LogP) is 3.10. The summed E-state index contributed by atoms with van der Waals surface area (Å²) in [4.78, 5) is 10.9. The lowest BCUT2D eigenvalue weighted by Crippen LogP contribution is -2.53. The Labute approximate surface area is 121 Å². The van der Waals surface area contributed by atoms with E-state index in [1.807, 2.05) is 0 Å². The third-order valence-corrected chi connectivity index (χ3v) is 3.04. The minimum Gasteiger partial charge on any atom is -0.469 e. The number of benzene rings is 1. The number of hydrogen-bond donors (Lipinski definition) is 1. The quantitative estimate of drug-likeness (QED) is 0.682. The van der Waals surface area contributed by atoms with Gasteiger partial charge in [-0.05, 0) is 12.0 Å². The lowest BCUT2D eigenvalue weighted by molar-refractivity contribution is -0.376. The summed E-state index contributed by atoms with van der Waals surface area (Å²) in [5.41, 5.74) is -5.95. The monoisotopic (exact) mass is 330 g/mol. The molecule has 0 saturated heterocycles. The molecule has 0 radical (unpaired) electrons. The Hall–Kier alpha value is -1.77. The summed E-state index contributed by atoms with van der Waals surface area (Å²) in [7, 11) is 1.15. The minimum absolute atomic E-state index is 0.0708. The van der Waals surface area contributed by atoms with E-state index >= 15 is 0 Å². The SMILES string of the molecule is COC(=O)CCc1ccc(C(O)(C(F)(F)F)C(F)(F)F)cc1. The molecule has 0 aromatic heterocycles. The third kappa shape index (κ3) is 3.52. The molecule has 0 unspecified atom stereocenters. The molecule has 0 aliphatic rings. The number of carbonyl (C=O) groups excluding carboxylic acids is 1. The lowest BCUT2D eigenvalue weighted by atomic mass is 9.91. The van der Waals surface area contributed by atoms with E-state index in [0.29, 0.717) is 17.7 Å². The molecule has 3 nitrogen and oxygen atoms in total. The van der Waals surface area contributed by atoms with Gasteiger partial charge in [0.15, 0.2) is 0 Å². The molecule has 22 heavy (non-hydrogen) atoms. The van der Waals surface area contributed by atoms with Gasteiger partial charge in [-0.15, -0.1) is 0 Å². The Kier molecular flexibility index (Phi) is 5.11. The van der Waals surface area contributed by atoms with E-state index in [2.05, 4.69) is 4.74 Å². The van der Waals surface area contributed by atoms with Crippen LogP contribution in [0, 0.1) is 0 Å². The summed E-state index contributed by atoms with van der Waals surface area (Å²) in [6, 6.07) is 3.04. The molecule has 124 valence electrons. The fraction of sp³-hybridized carbons (Fsp3) is 0.462. The molecule has 0 atom stereocenters. The number of methoxy groups -OCH3 is 1. The number of aliphatic hydroxyl groups is 1. The van der Waals surface area contributed by atoms with Crippen molar-refractivity contribution in [3.8, 4) is 0 Å². The van der Waals surface area contributed by atoms with Crippen molar-refractivity contribution in [1.82, 2.24) is 0 Å². The van der Waals surface area contributed by atoms with Gasteiger partial charge in [-0.1, -0.05) is 24.3 Å². The Morgan fingerprint density at radius 2 is 1.50 bits per heavy atom. The molecule has 0 spiro atoms. The summed E-state index contributed by atoms with van der Waals surface area (Å²) in [5, 5.41) is 9.18. The average molecular weight is 330 g/mol. The molecule has 0 amide bonds. The topological polar surface area (TPSA) is 46.5 Å². The standard InChI is InChI=1S/C13H12F6O3/c1-22-10(20)7-4-8-2-5-9(6-3-8)11(21,12(14,15)16)13(17,18)19/h2-3,5-6,21H,4,7H2,1H3. The van der Waals surface area contributed by atoms with Crippen LogP contribution in [0.2, 0.25) is 0 Å². The van der Waals surface area contributed by atoms with Crippen molar-refractivity contribution in [2.45, 2.75) is 30.8 Å². The Morgan fingerprint density at radius 3 is 1.86 bits per heavy atom. The molecule has 9 heteroatoms. The summed E-state index contributed by atoms with van der Waals surface area (Å²) in [5.74, 6) is -0.564. The second-order valence-electron chi connectivity index (χ2n) is 4.48. The van der Waals surface area contributed by atoms with E-state index < -0.39 is 29.5 Å². The van der Waals surface area contributed by atoms with Crippen LogP contribution in [0.15, 0.2) is 24.3 Å². The Morgan fingerprint density at radius 1 is 1.05 bits per heavy atom. The molecule has 0 bridgehead atoms. The molecule has 1 N–H and O–H groups in total. The fourth-order valence-electron chi connectivity index (χ4n) is 1.75. The smallest absolute Gasteiger partial charge is 0.430 e. The maximum atomic E-state index is 12.7. The highest BCUT2D eigenvalue weighted by Gasteiger charge is 2.71. The highest BCUT2D eigenvalue weighted by atomic mass is 19.4. The van der Waals surface area contributed by atoms with Gasteiger partial charge in [0, 0.05) is 12.0 Å². The molecular formula is C13H12F6O3. The van der Waals surface area contributed by atoms with Crippen LogP contribution in [-0.4, -0.2) is 30.5 Å². The van der Waals surface area contributed by atoms with Gasteiger partial charge in [-0.3, -0.25) is 4.79 Å². The number of halogens is 6. The summed E-state index contributed by atoms with van der Waals surface area (Å²) in [6.45, 7) is 0. The molecule has 0 heterocycles. The number of esters is 1. The van der Waals surface area contributed by atoms with Gasteiger partial charge < -0.3 is 9.84 Å². The Bertz CT molecular complexity index is 504. The van der Waals surface area contributed by atoms with Gasteiger partial charge >= 0.3 is 18.3 Å². The van der Waals surface area contributed by atoms with E-state index in [1.54, 1.807) is 0 Å². The first-order valence-electron chi connectivity index (χ1n) is 5.95. The zero-order valence-electron chi connectivity index (χ0n) is 11.3. The molecule has 1 rings (SSSR count). The molecule has 0 aliphatic heterocycles. The molecule has 0 saturated carbocycles. The van der Waals surface area contributed by atoms with Gasteiger partial charge in [0.25, 0.3) is 5.60 Å². The van der Waals surface area contributed by atoms with Crippen LogP contribution >= 0.6 is 0 Å². The average Bonchev–Trinajstić information content (AvgIpc) is 2.42. The highest BCUT2D eigenvalue weighted by Crippen LogP contribution is 2.49. The second-order valence-corrected chi connectivity index (χ2v) is 4.48.